The summed E-state index contributed by atoms with van der Waals surface area (Å²) >= 11 is 0. The molecular formula is C12H15N3O3. The molecule has 0 aromatic heterocycles. The Morgan fingerprint density at radius 1 is 1.39 bits per heavy atom. The number of rotatable bonds is 4. The molecule has 0 fully saturated rings. The number of amides is 1. The van der Waals surface area contributed by atoms with Crippen LogP contribution in [0.5, 0.6) is 5.75 Å². The van der Waals surface area contributed by atoms with E-state index in [9.17, 15) is 4.79 Å². The summed E-state index contributed by atoms with van der Waals surface area (Å²) in [6.07, 6.45) is -0.220. The summed E-state index contributed by atoms with van der Waals surface area (Å²) in [6.45, 7) is 2.71. The molecule has 1 N–H and O–H groups in total. The number of nitrogens with zero attached hydrogens (tertiary/aromatic N) is 2. The molecule has 0 spiro atoms. The van der Waals surface area contributed by atoms with E-state index in [0.717, 1.165) is 17.5 Å². The fourth-order valence-corrected chi connectivity index (χ4v) is 1.55. The van der Waals surface area contributed by atoms with E-state index in [2.05, 4.69) is 20.0 Å². The van der Waals surface area contributed by atoms with E-state index in [1.165, 1.54) is 7.11 Å². The zero-order chi connectivity index (χ0) is 13.0. The first-order chi connectivity index (χ1) is 8.72. The molecule has 0 bridgehead atoms. The Bertz CT molecular complexity index is 556. The minimum Gasteiger partial charge on any atom is -0.494 e. The number of ether oxygens (including phenoxy) is 2. The van der Waals surface area contributed by atoms with Crippen LogP contribution in [0.2, 0.25) is 0 Å². The lowest BCUT2D eigenvalue weighted by atomic mass is 10.3. The maximum absolute atomic E-state index is 11.0. The van der Waals surface area contributed by atoms with Crippen molar-refractivity contribution in [3.05, 3.63) is 28.9 Å². The monoisotopic (exact) mass is 249 g/mol. The van der Waals surface area contributed by atoms with E-state index >= 15 is 0 Å². The van der Waals surface area contributed by atoms with Crippen molar-refractivity contribution in [3.63, 3.8) is 0 Å². The van der Waals surface area contributed by atoms with Crippen LogP contribution in [0.3, 0.4) is 0 Å². The van der Waals surface area contributed by atoms with Gasteiger partial charge in [0.1, 0.15) is 5.75 Å². The van der Waals surface area contributed by atoms with Crippen LogP contribution in [-0.4, -0.2) is 26.1 Å². The summed E-state index contributed by atoms with van der Waals surface area (Å²) in [6, 6.07) is 5.48. The lowest BCUT2D eigenvalue weighted by Crippen LogP contribution is -2.31. The summed E-state index contributed by atoms with van der Waals surface area (Å²) in [4.78, 5) is 19.5. The Morgan fingerprint density at radius 2 is 2.17 bits per heavy atom. The normalized spacial score (nSPS) is 16.2. The van der Waals surface area contributed by atoms with Gasteiger partial charge in [-0.1, -0.05) is 6.92 Å². The van der Waals surface area contributed by atoms with E-state index in [0.29, 0.717) is 12.0 Å². The van der Waals surface area contributed by atoms with Crippen molar-refractivity contribution in [1.82, 2.24) is 5.32 Å². The van der Waals surface area contributed by atoms with Crippen molar-refractivity contribution in [2.75, 3.05) is 13.7 Å². The molecule has 6 nitrogen and oxygen atoms in total. The van der Waals surface area contributed by atoms with E-state index in [1.807, 2.05) is 25.1 Å². The maximum atomic E-state index is 11.0. The topological polar surface area (TPSA) is 72.3 Å². The van der Waals surface area contributed by atoms with Gasteiger partial charge in [-0.05, 0) is 18.6 Å². The predicted molar refractivity (Wildman–Crippen MR) is 63.9 cm³/mol. The lowest BCUT2D eigenvalue weighted by Gasteiger charge is -2.04. The van der Waals surface area contributed by atoms with Crippen LogP contribution in [0, 0.1) is 0 Å². The number of carbonyl (C=O) groups is 1. The Morgan fingerprint density at radius 3 is 2.89 bits per heavy atom. The first kappa shape index (κ1) is 12.3. The van der Waals surface area contributed by atoms with Gasteiger partial charge in [0.2, 0.25) is 6.29 Å². The first-order valence-electron chi connectivity index (χ1n) is 5.76. The zero-order valence-electron chi connectivity index (χ0n) is 10.3. The molecule has 1 amide bonds. The zero-order valence-corrected chi connectivity index (χ0v) is 10.3. The molecule has 0 saturated heterocycles. The van der Waals surface area contributed by atoms with Crippen LogP contribution in [-0.2, 0) is 4.74 Å². The smallest absolute Gasteiger partial charge is 0.410 e. The van der Waals surface area contributed by atoms with Crippen LogP contribution < -0.4 is 20.8 Å². The Labute approximate surface area is 104 Å². The summed E-state index contributed by atoms with van der Waals surface area (Å²) in [7, 11) is 1.30. The van der Waals surface area contributed by atoms with Crippen LogP contribution >= 0.6 is 0 Å². The number of nitrogens with one attached hydrogen (secondary N) is 1. The molecule has 1 atom stereocenters. The van der Waals surface area contributed by atoms with Gasteiger partial charge in [0.15, 0.2) is 0 Å². The third-order valence-corrected chi connectivity index (χ3v) is 2.37. The molecule has 96 valence electrons. The van der Waals surface area contributed by atoms with Gasteiger partial charge in [0.05, 0.1) is 24.4 Å². The molecule has 18 heavy (non-hydrogen) atoms. The van der Waals surface area contributed by atoms with Crippen LogP contribution in [0.15, 0.2) is 28.2 Å². The number of fused-ring (bicyclic) bond motifs is 1. The number of carbonyl (C=O) groups excluding carboxylic acids is 1. The molecule has 1 aromatic rings. The summed E-state index contributed by atoms with van der Waals surface area (Å²) in [5.74, 6) is 0.758. The minimum atomic E-state index is -0.617. The highest BCUT2D eigenvalue weighted by molar-refractivity contribution is 5.67. The molecule has 0 saturated carbocycles. The first-order valence-corrected chi connectivity index (χ1v) is 5.76. The van der Waals surface area contributed by atoms with E-state index in [-0.39, 0.29) is 0 Å². The molecule has 1 unspecified atom stereocenters. The number of methoxy groups -OCH3 is 1. The number of hydrogen-bond donors (Lipinski definition) is 1. The molecule has 2 rings (SSSR count). The second-order valence-corrected chi connectivity index (χ2v) is 3.77. The number of benzene rings is 1. The van der Waals surface area contributed by atoms with Gasteiger partial charge in [0, 0.05) is 6.07 Å². The molecule has 1 aliphatic heterocycles. The SMILES string of the molecule is CCCOc1ccc2c(c1)=NC(NC(=O)OC)N=2. The van der Waals surface area contributed by atoms with Crippen molar-refractivity contribution in [2.24, 2.45) is 9.98 Å². The van der Waals surface area contributed by atoms with Crippen molar-refractivity contribution < 1.29 is 14.3 Å². The predicted octanol–water partition coefficient (Wildman–Crippen LogP) is 0.368. The summed E-state index contributed by atoms with van der Waals surface area (Å²) in [5.41, 5.74) is 0. The quantitative estimate of drug-likeness (QED) is 0.837. The van der Waals surface area contributed by atoms with Gasteiger partial charge in [-0.25, -0.2) is 14.8 Å². The maximum Gasteiger partial charge on any atom is 0.410 e. The lowest BCUT2D eigenvalue weighted by molar-refractivity contribution is 0.167. The second kappa shape index (κ2) is 5.48. The fraction of sp³-hybridized carbons (Fsp3) is 0.417. The summed E-state index contributed by atoms with van der Waals surface area (Å²) < 4.78 is 10.00. The third-order valence-electron chi connectivity index (χ3n) is 2.37. The third kappa shape index (κ3) is 2.77. The van der Waals surface area contributed by atoms with Gasteiger partial charge in [-0.15, -0.1) is 0 Å². The van der Waals surface area contributed by atoms with Crippen LogP contribution in [0.1, 0.15) is 13.3 Å². The van der Waals surface area contributed by atoms with Crippen molar-refractivity contribution >= 4 is 6.09 Å². The molecular weight excluding hydrogens is 234 g/mol. The van der Waals surface area contributed by atoms with E-state index in [4.69, 9.17) is 4.74 Å². The number of alkyl carbamates (subject to hydrolysis) is 1. The standard InChI is InChI=1S/C12H15N3O3/c1-3-6-18-8-4-5-9-10(7-8)14-11(13-9)15-12(16)17-2/h4-5,7,11H,3,6H2,1-2H3,(H,15,16). The van der Waals surface area contributed by atoms with E-state index < -0.39 is 12.4 Å². The highest BCUT2D eigenvalue weighted by Gasteiger charge is 2.13. The molecule has 6 heteroatoms. The van der Waals surface area contributed by atoms with Gasteiger partial charge < -0.3 is 9.47 Å². The van der Waals surface area contributed by atoms with Crippen molar-refractivity contribution in [3.8, 4) is 5.75 Å². The number of hydrogen-bond acceptors (Lipinski definition) is 5. The van der Waals surface area contributed by atoms with Crippen LogP contribution in [0.4, 0.5) is 4.79 Å². The molecule has 1 heterocycles. The second-order valence-electron chi connectivity index (χ2n) is 3.77. The van der Waals surface area contributed by atoms with Gasteiger partial charge >= 0.3 is 6.09 Å². The van der Waals surface area contributed by atoms with Gasteiger partial charge in [0.25, 0.3) is 0 Å². The minimum absolute atomic E-state index is 0.553. The summed E-state index contributed by atoms with van der Waals surface area (Å²) in [5, 5.41) is 3.95. The fourth-order valence-electron chi connectivity index (χ4n) is 1.55. The molecule has 1 aliphatic rings. The van der Waals surface area contributed by atoms with Gasteiger partial charge in [-0.3, -0.25) is 5.32 Å². The molecule has 1 aromatic carbocycles. The Hall–Kier alpha value is -2.11. The highest BCUT2D eigenvalue weighted by Crippen LogP contribution is 2.05. The Balaban J connectivity index is 2.15. The Kier molecular flexibility index (Phi) is 3.76. The largest absolute Gasteiger partial charge is 0.494 e. The van der Waals surface area contributed by atoms with E-state index in [1.54, 1.807) is 0 Å². The van der Waals surface area contributed by atoms with Crippen molar-refractivity contribution in [2.45, 2.75) is 19.6 Å². The average molecular weight is 249 g/mol. The van der Waals surface area contributed by atoms with Gasteiger partial charge in [-0.2, -0.15) is 0 Å². The van der Waals surface area contributed by atoms with Crippen LogP contribution in [0.25, 0.3) is 0 Å². The average Bonchev–Trinajstić information content (AvgIpc) is 2.77. The molecule has 0 aliphatic carbocycles. The highest BCUT2D eigenvalue weighted by atomic mass is 16.5. The van der Waals surface area contributed by atoms with Crippen molar-refractivity contribution in [1.29, 1.82) is 0 Å². The molecule has 0 radical (unpaired) electrons.